The molecule has 2 aliphatic heterocycles. The van der Waals surface area contributed by atoms with Crippen molar-refractivity contribution in [2.45, 2.75) is 57.2 Å². The fourth-order valence-corrected chi connectivity index (χ4v) is 3.99. The highest BCUT2D eigenvalue weighted by Gasteiger charge is 2.40. The van der Waals surface area contributed by atoms with Crippen molar-refractivity contribution in [1.29, 1.82) is 0 Å². The Balaban J connectivity index is 1.55. The first-order valence-corrected chi connectivity index (χ1v) is 11.1. The highest BCUT2D eigenvalue weighted by molar-refractivity contribution is 8.00. The Labute approximate surface area is 181 Å². The fourth-order valence-electron chi connectivity index (χ4n) is 3.47. The third kappa shape index (κ3) is 6.91. The number of carbonyl (C=O) groups excluding carboxylic acids is 3. The number of alkyl carbamates (subject to hydrolysis) is 1. The molecule has 8 nitrogen and oxygen atoms in total. The lowest BCUT2D eigenvalue weighted by Gasteiger charge is -2.24. The molecule has 0 unspecified atom stereocenters. The largest absolute Gasteiger partial charge is 0.445 e. The summed E-state index contributed by atoms with van der Waals surface area (Å²) in [6.45, 7) is 4.76. The zero-order valence-corrected chi connectivity index (χ0v) is 18.1. The van der Waals surface area contributed by atoms with Crippen LogP contribution in [0, 0.1) is 11.8 Å². The number of rotatable bonds is 10. The van der Waals surface area contributed by atoms with Gasteiger partial charge < -0.3 is 20.7 Å². The van der Waals surface area contributed by atoms with E-state index in [2.05, 4.69) is 16.0 Å². The minimum absolute atomic E-state index is 0.0150. The second-order valence-electron chi connectivity index (χ2n) is 8.08. The Kier molecular flexibility index (Phi) is 7.98. The summed E-state index contributed by atoms with van der Waals surface area (Å²) < 4.78 is 10.6. The van der Waals surface area contributed by atoms with Gasteiger partial charge in [-0.05, 0) is 30.7 Å². The van der Waals surface area contributed by atoms with Gasteiger partial charge in [-0.25, -0.2) is 4.79 Å². The maximum atomic E-state index is 12.9. The SMILES string of the molecule is CC(C)C[C@H](NC(=O)OCc1ccccc1)C(=O)N[C@@H](C[C@@H]1CCNC1=O)[C@H]1OS1. The van der Waals surface area contributed by atoms with Crippen molar-refractivity contribution in [2.75, 3.05) is 6.54 Å². The van der Waals surface area contributed by atoms with E-state index in [1.165, 1.54) is 12.0 Å². The summed E-state index contributed by atoms with van der Waals surface area (Å²) in [6.07, 6.45) is 1.11. The highest BCUT2D eigenvalue weighted by atomic mass is 32.2. The number of benzene rings is 1. The first kappa shape index (κ1) is 22.4. The van der Waals surface area contributed by atoms with E-state index >= 15 is 0 Å². The summed E-state index contributed by atoms with van der Waals surface area (Å²) in [4.78, 5) is 37.1. The summed E-state index contributed by atoms with van der Waals surface area (Å²) in [7, 11) is 0. The first-order valence-electron chi connectivity index (χ1n) is 10.3. The minimum Gasteiger partial charge on any atom is -0.445 e. The van der Waals surface area contributed by atoms with Crippen molar-refractivity contribution >= 4 is 30.0 Å². The molecule has 2 fully saturated rings. The van der Waals surface area contributed by atoms with Crippen LogP contribution >= 0.6 is 12.0 Å². The van der Waals surface area contributed by atoms with Crippen LogP contribution in [0.3, 0.4) is 0 Å². The zero-order valence-electron chi connectivity index (χ0n) is 17.3. The van der Waals surface area contributed by atoms with Crippen molar-refractivity contribution in [2.24, 2.45) is 11.8 Å². The lowest BCUT2D eigenvalue weighted by atomic mass is 9.97. The number of hydrogen-bond acceptors (Lipinski definition) is 6. The Morgan fingerprint density at radius 2 is 2.00 bits per heavy atom. The van der Waals surface area contributed by atoms with Crippen LogP contribution in [0.4, 0.5) is 4.79 Å². The van der Waals surface area contributed by atoms with Gasteiger partial charge in [-0.3, -0.25) is 13.8 Å². The van der Waals surface area contributed by atoms with E-state index in [1.807, 2.05) is 44.2 Å². The maximum absolute atomic E-state index is 12.9. The molecule has 0 spiro atoms. The van der Waals surface area contributed by atoms with Gasteiger partial charge in [0.1, 0.15) is 12.6 Å². The van der Waals surface area contributed by atoms with Gasteiger partial charge in [-0.15, -0.1) is 0 Å². The standard InChI is InChI=1S/C21H29N3O5S/c1-13(2)10-16(24-21(27)28-12-14-6-4-3-5-7-14)19(26)23-17(20-29-30-20)11-15-8-9-22-18(15)25/h3-7,13,15-17,20H,8-12H2,1-2H3,(H,22,25)(H,23,26)(H,24,27)/t15-,16-,17-,20-/m0/s1. The molecule has 0 aromatic heterocycles. The third-order valence-electron chi connectivity index (χ3n) is 5.09. The summed E-state index contributed by atoms with van der Waals surface area (Å²) in [6, 6.07) is 8.35. The molecule has 3 rings (SSSR count). The van der Waals surface area contributed by atoms with Gasteiger partial charge in [0, 0.05) is 24.5 Å². The molecule has 0 bridgehead atoms. The smallest absolute Gasteiger partial charge is 0.408 e. The monoisotopic (exact) mass is 435 g/mol. The van der Waals surface area contributed by atoms with E-state index in [0.29, 0.717) is 19.4 Å². The molecule has 0 radical (unpaired) electrons. The minimum atomic E-state index is -0.725. The fraction of sp³-hybridized carbons (Fsp3) is 0.571. The Hall–Kier alpha value is -2.26. The average Bonchev–Trinajstić information content (AvgIpc) is 3.49. The molecule has 3 N–H and O–H groups in total. The average molecular weight is 436 g/mol. The Bertz CT molecular complexity index is 741. The summed E-state index contributed by atoms with van der Waals surface area (Å²) in [5.41, 5.74) is 0.711. The van der Waals surface area contributed by atoms with Crippen LogP contribution in [0.2, 0.25) is 0 Å². The Morgan fingerprint density at radius 1 is 1.27 bits per heavy atom. The van der Waals surface area contributed by atoms with Crippen molar-refractivity contribution in [3.05, 3.63) is 35.9 Å². The van der Waals surface area contributed by atoms with Crippen LogP contribution in [-0.2, 0) is 25.1 Å². The van der Waals surface area contributed by atoms with Gasteiger partial charge in [0.05, 0.1) is 6.04 Å². The van der Waals surface area contributed by atoms with Crippen LogP contribution in [0.15, 0.2) is 30.3 Å². The molecular weight excluding hydrogens is 406 g/mol. The van der Waals surface area contributed by atoms with Gasteiger partial charge in [-0.1, -0.05) is 44.2 Å². The van der Waals surface area contributed by atoms with E-state index in [1.54, 1.807) is 0 Å². The number of nitrogens with one attached hydrogen (secondary N) is 3. The lowest BCUT2D eigenvalue weighted by Crippen LogP contribution is -2.51. The summed E-state index contributed by atoms with van der Waals surface area (Å²) in [5.74, 6) is -0.214. The predicted molar refractivity (Wildman–Crippen MR) is 113 cm³/mol. The second-order valence-corrected chi connectivity index (χ2v) is 8.93. The zero-order chi connectivity index (χ0) is 21.5. The summed E-state index contributed by atoms with van der Waals surface area (Å²) in [5, 5.41) is 8.48. The predicted octanol–water partition coefficient (Wildman–Crippen LogP) is 2.34. The molecule has 164 valence electrons. The van der Waals surface area contributed by atoms with E-state index < -0.39 is 12.1 Å². The van der Waals surface area contributed by atoms with Crippen LogP contribution in [0.1, 0.15) is 38.7 Å². The van der Waals surface area contributed by atoms with E-state index in [4.69, 9.17) is 8.92 Å². The topological polar surface area (TPSA) is 109 Å². The quantitative estimate of drug-likeness (QED) is 0.384. The second kappa shape index (κ2) is 10.7. The van der Waals surface area contributed by atoms with Gasteiger partial charge in [0.15, 0.2) is 5.44 Å². The number of hydrogen-bond donors (Lipinski definition) is 3. The van der Waals surface area contributed by atoms with Crippen LogP contribution in [0.5, 0.6) is 0 Å². The number of carbonyl (C=O) groups is 3. The van der Waals surface area contributed by atoms with Gasteiger partial charge in [0.25, 0.3) is 0 Å². The number of ether oxygens (including phenoxy) is 1. The molecule has 0 aliphatic carbocycles. The molecule has 1 aromatic carbocycles. The van der Waals surface area contributed by atoms with Gasteiger partial charge in [-0.2, -0.15) is 0 Å². The van der Waals surface area contributed by atoms with Gasteiger partial charge in [0.2, 0.25) is 11.8 Å². The number of amides is 3. The Morgan fingerprint density at radius 3 is 2.60 bits per heavy atom. The molecular formula is C21H29N3O5S. The molecule has 2 aliphatic rings. The molecule has 30 heavy (non-hydrogen) atoms. The van der Waals surface area contributed by atoms with Crippen molar-refractivity contribution < 1.29 is 23.3 Å². The third-order valence-corrected chi connectivity index (χ3v) is 5.84. The van der Waals surface area contributed by atoms with E-state index in [0.717, 1.165) is 12.0 Å². The molecule has 2 saturated heterocycles. The van der Waals surface area contributed by atoms with Crippen molar-refractivity contribution in [3.8, 4) is 0 Å². The maximum Gasteiger partial charge on any atom is 0.408 e. The molecule has 9 heteroatoms. The van der Waals surface area contributed by atoms with Crippen molar-refractivity contribution in [1.82, 2.24) is 16.0 Å². The molecule has 2 heterocycles. The molecule has 0 saturated carbocycles. The van der Waals surface area contributed by atoms with Crippen LogP contribution < -0.4 is 16.0 Å². The van der Waals surface area contributed by atoms with E-state index in [9.17, 15) is 14.4 Å². The lowest BCUT2D eigenvalue weighted by molar-refractivity contribution is -0.126. The normalized spacial score (nSPS) is 22.2. The highest BCUT2D eigenvalue weighted by Crippen LogP contribution is 2.38. The first-order chi connectivity index (χ1) is 14.4. The van der Waals surface area contributed by atoms with Crippen LogP contribution in [-0.4, -0.2) is 42.0 Å². The van der Waals surface area contributed by atoms with E-state index in [-0.39, 0.29) is 41.7 Å². The summed E-state index contributed by atoms with van der Waals surface area (Å²) >= 11 is 1.29. The van der Waals surface area contributed by atoms with Gasteiger partial charge >= 0.3 is 6.09 Å². The molecule has 1 aromatic rings. The van der Waals surface area contributed by atoms with Crippen molar-refractivity contribution in [3.63, 3.8) is 0 Å². The molecule has 3 amide bonds. The van der Waals surface area contributed by atoms with Crippen LogP contribution in [0.25, 0.3) is 0 Å². The molecule has 4 atom stereocenters.